The molecule has 0 bridgehead atoms. The van der Waals surface area contributed by atoms with Crippen molar-refractivity contribution in [1.82, 2.24) is 29.9 Å². The molecule has 0 unspecified atom stereocenters. The van der Waals surface area contributed by atoms with Gasteiger partial charge in [0.05, 0.1) is 7.11 Å². The van der Waals surface area contributed by atoms with Gasteiger partial charge in [-0.25, -0.2) is 0 Å². The Kier molecular flexibility index (Phi) is 3.80. The smallest absolute Gasteiger partial charge is 0.276 e. The first-order valence-corrected chi connectivity index (χ1v) is 9.25. The van der Waals surface area contributed by atoms with Crippen molar-refractivity contribution in [2.45, 2.75) is 37.5 Å². The number of nitrogens with zero attached hydrogens (tertiary/aromatic N) is 6. The van der Waals surface area contributed by atoms with E-state index in [1.807, 2.05) is 11.0 Å². The lowest BCUT2D eigenvalue weighted by Gasteiger charge is -2.30. The van der Waals surface area contributed by atoms with Gasteiger partial charge >= 0.3 is 0 Å². The van der Waals surface area contributed by atoms with Crippen molar-refractivity contribution >= 4 is 11.6 Å². The second kappa shape index (κ2) is 6.33. The van der Waals surface area contributed by atoms with Crippen molar-refractivity contribution in [3.63, 3.8) is 0 Å². The van der Waals surface area contributed by atoms with E-state index >= 15 is 0 Å². The second-order valence-corrected chi connectivity index (χ2v) is 7.16. The molecule has 4 heterocycles. The first-order chi connectivity index (χ1) is 13.2. The summed E-state index contributed by atoms with van der Waals surface area (Å²) >= 11 is 0. The summed E-state index contributed by atoms with van der Waals surface area (Å²) in [4.78, 5) is 14.5. The van der Waals surface area contributed by atoms with Crippen LogP contribution in [0, 0.1) is 0 Å². The molecule has 27 heavy (non-hydrogen) atoms. The Morgan fingerprint density at radius 2 is 1.96 bits per heavy atom. The molecule has 1 saturated carbocycles. The number of amides is 1. The summed E-state index contributed by atoms with van der Waals surface area (Å²) < 4.78 is 12.2. The highest BCUT2D eigenvalue weighted by atomic mass is 16.5. The zero-order chi connectivity index (χ0) is 18.4. The number of carbonyl (C=O) groups excluding carboxylic acids is 1. The first-order valence-electron chi connectivity index (χ1n) is 9.25. The Balaban J connectivity index is 1.29. The highest BCUT2D eigenvalue weighted by molar-refractivity contribution is 5.92. The fourth-order valence-electron chi connectivity index (χ4n) is 3.61. The minimum Gasteiger partial charge on any atom is -0.480 e. The molecule has 0 spiro atoms. The van der Waals surface area contributed by atoms with E-state index in [1.54, 1.807) is 23.8 Å². The van der Waals surface area contributed by atoms with Crippen LogP contribution >= 0.6 is 0 Å². The average Bonchev–Trinajstić information content (AvgIpc) is 3.29. The van der Waals surface area contributed by atoms with E-state index < -0.39 is 0 Å². The molecule has 5 rings (SSSR count). The van der Waals surface area contributed by atoms with E-state index in [4.69, 9.17) is 9.26 Å². The van der Waals surface area contributed by atoms with Gasteiger partial charge in [-0.1, -0.05) is 5.16 Å². The first kappa shape index (κ1) is 16.2. The molecule has 9 heteroatoms. The lowest BCUT2D eigenvalue weighted by atomic mass is 9.96. The number of rotatable bonds is 4. The average molecular weight is 368 g/mol. The third-order valence-corrected chi connectivity index (χ3v) is 5.35. The van der Waals surface area contributed by atoms with Gasteiger partial charge in [0.1, 0.15) is 5.76 Å². The lowest BCUT2D eigenvalue weighted by Crippen LogP contribution is -2.38. The maximum Gasteiger partial charge on any atom is 0.276 e. The summed E-state index contributed by atoms with van der Waals surface area (Å²) in [6.45, 7) is 1.29. The van der Waals surface area contributed by atoms with Crippen molar-refractivity contribution in [2.24, 2.45) is 0 Å². The molecular formula is C18H20N6O3. The van der Waals surface area contributed by atoms with Crippen LogP contribution in [0.5, 0.6) is 5.88 Å². The van der Waals surface area contributed by atoms with Crippen molar-refractivity contribution in [3.8, 4) is 5.88 Å². The molecule has 1 aliphatic carbocycles. The normalized spacial score (nSPS) is 18.2. The maximum atomic E-state index is 12.7. The number of ether oxygens (including phenoxy) is 1. The van der Waals surface area contributed by atoms with Crippen LogP contribution in [0.3, 0.4) is 0 Å². The zero-order valence-corrected chi connectivity index (χ0v) is 15.0. The van der Waals surface area contributed by atoms with Gasteiger partial charge in [-0.15, -0.1) is 15.3 Å². The van der Waals surface area contributed by atoms with Gasteiger partial charge in [0.2, 0.25) is 5.88 Å². The van der Waals surface area contributed by atoms with E-state index in [0.717, 1.165) is 37.3 Å². The molecule has 0 N–H and O–H groups in total. The SMILES string of the molecule is COc1ccc2nnc(C3CCN(C(=O)c4cc(C5CC5)on4)CC3)n2n1. The van der Waals surface area contributed by atoms with E-state index in [1.165, 1.54) is 0 Å². The Hall–Kier alpha value is -2.97. The molecule has 1 saturated heterocycles. The van der Waals surface area contributed by atoms with Crippen LogP contribution in [0.15, 0.2) is 22.7 Å². The molecule has 0 aromatic carbocycles. The molecular weight excluding hydrogens is 348 g/mol. The number of methoxy groups -OCH3 is 1. The molecule has 140 valence electrons. The standard InChI is InChI=1S/C18H20N6O3/c1-26-16-5-4-15-19-20-17(24(15)21-16)12-6-8-23(9-7-12)18(25)13-10-14(27-22-13)11-2-3-11/h4-5,10-12H,2-3,6-9H2,1H3. The van der Waals surface area contributed by atoms with E-state index in [0.29, 0.717) is 36.2 Å². The van der Waals surface area contributed by atoms with Crippen LogP contribution in [0.2, 0.25) is 0 Å². The van der Waals surface area contributed by atoms with Crippen LogP contribution in [0.25, 0.3) is 5.65 Å². The Labute approximate surface area is 155 Å². The quantitative estimate of drug-likeness (QED) is 0.695. The highest BCUT2D eigenvalue weighted by Gasteiger charge is 2.32. The molecule has 3 aromatic rings. The zero-order valence-electron chi connectivity index (χ0n) is 15.0. The van der Waals surface area contributed by atoms with Crippen LogP contribution in [0.4, 0.5) is 0 Å². The fourth-order valence-corrected chi connectivity index (χ4v) is 3.61. The summed E-state index contributed by atoms with van der Waals surface area (Å²) in [7, 11) is 1.58. The van der Waals surface area contributed by atoms with E-state index in [9.17, 15) is 4.79 Å². The maximum absolute atomic E-state index is 12.7. The molecule has 1 amide bonds. The van der Waals surface area contributed by atoms with Crippen molar-refractivity contribution in [1.29, 1.82) is 0 Å². The Morgan fingerprint density at radius 3 is 2.70 bits per heavy atom. The van der Waals surface area contributed by atoms with Gasteiger partial charge in [-0.05, 0) is 31.7 Å². The summed E-state index contributed by atoms with van der Waals surface area (Å²) in [5, 5.41) is 16.9. The number of carbonyl (C=O) groups is 1. The summed E-state index contributed by atoms with van der Waals surface area (Å²) in [5.74, 6) is 2.76. The van der Waals surface area contributed by atoms with Gasteiger partial charge in [-0.3, -0.25) is 4.79 Å². The molecule has 2 aliphatic rings. The molecule has 0 radical (unpaired) electrons. The summed E-state index contributed by atoms with van der Waals surface area (Å²) in [6, 6.07) is 5.40. The molecule has 2 fully saturated rings. The van der Waals surface area contributed by atoms with Crippen LogP contribution < -0.4 is 4.74 Å². The lowest BCUT2D eigenvalue weighted by molar-refractivity contribution is 0.0700. The third kappa shape index (κ3) is 2.92. The van der Waals surface area contributed by atoms with Gasteiger partial charge in [0.15, 0.2) is 17.2 Å². The molecule has 3 aromatic heterocycles. The number of likely N-dealkylation sites (tertiary alicyclic amines) is 1. The van der Waals surface area contributed by atoms with Crippen LogP contribution in [-0.4, -0.2) is 56.0 Å². The van der Waals surface area contributed by atoms with E-state index in [-0.39, 0.29) is 11.8 Å². The fraction of sp³-hybridized carbons (Fsp3) is 0.500. The Bertz CT molecular complexity index is 984. The van der Waals surface area contributed by atoms with Gasteiger partial charge in [0.25, 0.3) is 5.91 Å². The highest BCUT2D eigenvalue weighted by Crippen LogP contribution is 2.40. The van der Waals surface area contributed by atoms with Crippen LogP contribution in [-0.2, 0) is 0 Å². The number of hydrogen-bond donors (Lipinski definition) is 0. The van der Waals surface area contributed by atoms with E-state index in [2.05, 4.69) is 20.5 Å². The summed E-state index contributed by atoms with van der Waals surface area (Å²) in [6.07, 6.45) is 3.86. The van der Waals surface area contributed by atoms with Crippen molar-refractivity contribution in [3.05, 3.63) is 35.5 Å². The summed E-state index contributed by atoms with van der Waals surface area (Å²) in [5.41, 5.74) is 1.11. The monoisotopic (exact) mass is 368 g/mol. The minimum absolute atomic E-state index is 0.0602. The number of hydrogen-bond acceptors (Lipinski definition) is 7. The third-order valence-electron chi connectivity index (χ3n) is 5.35. The molecule has 0 atom stereocenters. The Morgan fingerprint density at radius 1 is 1.15 bits per heavy atom. The van der Waals surface area contributed by atoms with Crippen molar-refractivity contribution in [2.75, 3.05) is 20.2 Å². The van der Waals surface area contributed by atoms with Crippen molar-refractivity contribution < 1.29 is 14.1 Å². The number of fused-ring (bicyclic) bond motifs is 1. The van der Waals surface area contributed by atoms with Gasteiger partial charge in [0, 0.05) is 37.1 Å². The minimum atomic E-state index is -0.0602. The molecule has 1 aliphatic heterocycles. The topological polar surface area (TPSA) is 98.7 Å². The van der Waals surface area contributed by atoms with Crippen LogP contribution in [0.1, 0.15) is 59.6 Å². The predicted octanol–water partition coefficient (Wildman–Crippen LogP) is 2.02. The van der Waals surface area contributed by atoms with Gasteiger partial charge < -0.3 is 14.2 Å². The number of piperidine rings is 1. The van der Waals surface area contributed by atoms with Gasteiger partial charge in [-0.2, -0.15) is 4.52 Å². The largest absolute Gasteiger partial charge is 0.480 e. The second-order valence-electron chi connectivity index (χ2n) is 7.16. The predicted molar refractivity (Wildman–Crippen MR) is 93.7 cm³/mol. The number of aromatic nitrogens is 5. The molecule has 9 nitrogen and oxygen atoms in total.